The fourth-order valence-corrected chi connectivity index (χ4v) is 2.83. The summed E-state index contributed by atoms with van der Waals surface area (Å²) in [6, 6.07) is 7.63. The van der Waals surface area contributed by atoms with Gasteiger partial charge < -0.3 is 10.4 Å². The van der Waals surface area contributed by atoms with Gasteiger partial charge in [-0.1, -0.05) is 49.7 Å². The molecule has 114 valence electrons. The Morgan fingerprint density at radius 1 is 1.43 bits per heavy atom. The monoisotopic (exact) mass is 307 g/mol. The summed E-state index contributed by atoms with van der Waals surface area (Å²) in [4.78, 5) is 12.5. The highest BCUT2D eigenvalue weighted by atomic mass is 35.5. The van der Waals surface area contributed by atoms with Crippen LogP contribution in [-0.4, -0.2) is 23.7 Å². The van der Waals surface area contributed by atoms with Crippen LogP contribution < -0.4 is 5.32 Å². The number of amides is 1. The summed E-state index contributed by atoms with van der Waals surface area (Å²) in [5, 5.41) is 12.9. The van der Waals surface area contributed by atoms with Gasteiger partial charge in [0.1, 0.15) is 0 Å². The maximum Gasteiger partial charge on any atom is 0.226 e. The fourth-order valence-electron chi connectivity index (χ4n) is 2.62. The van der Waals surface area contributed by atoms with Gasteiger partial charge in [-0.2, -0.15) is 0 Å². The Labute approximate surface area is 131 Å². The molecule has 0 aliphatic heterocycles. The Bertz CT molecular complexity index is 539. The molecule has 1 aromatic rings. The van der Waals surface area contributed by atoms with Crippen molar-refractivity contribution in [1.82, 2.24) is 5.32 Å². The van der Waals surface area contributed by atoms with Gasteiger partial charge in [-0.3, -0.25) is 4.79 Å². The van der Waals surface area contributed by atoms with E-state index in [-0.39, 0.29) is 24.5 Å². The molecule has 1 aromatic carbocycles. The summed E-state index contributed by atoms with van der Waals surface area (Å²) in [7, 11) is 0. The molecule has 1 aliphatic rings. The van der Waals surface area contributed by atoms with Crippen LogP contribution in [0, 0.1) is 11.3 Å². The molecule has 2 atom stereocenters. The minimum Gasteiger partial charge on any atom is -0.396 e. The molecule has 0 aromatic heterocycles. The van der Waals surface area contributed by atoms with Gasteiger partial charge in [0.25, 0.3) is 0 Å². The number of hydrogen-bond acceptors (Lipinski definition) is 2. The Balaban J connectivity index is 1.96. The molecule has 1 amide bonds. The molecule has 2 rings (SSSR count). The molecule has 1 aliphatic carbocycles. The van der Waals surface area contributed by atoms with E-state index in [1.165, 1.54) is 0 Å². The highest BCUT2D eigenvalue weighted by Crippen LogP contribution is 2.25. The van der Waals surface area contributed by atoms with Crippen LogP contribution in [0.15, 0.2) is 36.4 Å². The quantitative estimate of drug-likeness (QED) is 0.822. The Morgan fingerprint density at radius 2 is 2.19 bits per heavy atom. The summed E-state index contributed by atoms with van der Waals surface area (Å²) in [5.74, 6) is 0.182. The standard InChI is InChI=1S/C17H22ClNO2/c1-17(2,10-12-4-3-5-14(18)8-12)16(21)19-15-7-6-13(9-15)11-20/h3-8,13,15,20H,9-11H2,1-2H3,(H,19,21)/t13-,15+/m0/s1. The molecule has 0 fully saturated rings. The smallest absolute Gasteiger partial charge is 0.226 e. The number of benzene rings is 1. The Morgan fingerprint density at radius 3 is 2.81 bits per heavy atom. The maximum absolute atomic E-state index is 12.5. The lowest BCUT2D eigenvalue weighted by molar-refractivity contribution is -0.129. The van der Waals surface area contributed by atoms with E-state index >= 15 is 0 Å². The van der Waals surface area contributed by atoms with Gasteiger partial charge in [0.05, 0.1) is 0 Å². The third-order valence-corrected chi connectivity index (χ3v) is 4.11. The molecule has 2 N–H and O–H groups in total. The molecule has 0 radical (unpaired) electrons. The van der Waals surface area contributed by atoms with Crippen LogP contribution in [0.2, 0.25) is 5.02 Å². The van der Waals surface area contributed by atoms with Crippen LogP contribution in [0.5, 0.6) is 0 Å². The highest BCUT2D eigenvalue weighted by molar-refractivity contribution is 6.30. The van der Waals surface area contributed by atoms with Crippen molar-refractivity contribution in [2.75, 3.05) is 6.61 Å². The predicted octanol–water partition coefficient (Wildman–Crippen LogP) is 2.96. The number of carbonyl (C=O) groups excluding carboxylic acids is 1. The first-order valence-corrected chi connectivity index (χ1v) is 7.63. The first kappa shape index (κ1) is 16.1. The zero-order valence-corrected chi connectivity index (χ0v) is 13.2. The lowest BCUT2D eigenvalue weighted by atomic mass is 9.84. The second kappa shape index (κ2) is 6.63. The SMILES string of the molecule is CC(C)(Cc1cccc(Cl)c1)C(=O)N[C@@H]1C=C[C@H](CO)C1. The molecular weight excluding hydrogens is 286 g/mol. The van der Waals surface area contributed by atoms with E-state index in [4.69, 9.17) is 16.7 Å². The Hall–Kier alpha value is -1.32. The van der Waals surface area contributed by atoms with Gasteiger partial charge in [-0.05, 0) is 30.5 Å². The van der Waals surface area contributed by atoms with Crippen molar-refractivity contribution >= 4 is 17.5 Å². The number of halogens is 1. The minimum atomic E-state index is -0.504. The summed E-state index contributed by atoms with van der Waals surface area (Å²) in [5.41, 5.74) is 0.549. The van der Waals surface area contributed by atoms with Crippen LogP contribution in [0.1, 0.15) is 25.8 Å². The molecule has 0 unspecified atom stereocenters. The zero-order chi connectivity index (χ0) is 15.5. The van der Waals surface area contributed by atoms with Gasteiger partial charge in [-0.25, -0.2) is 0 Å². The number of hydrogen-bond donors (Lipinski definition) is 2. The highest BCUT2D eigenvalue weighted by Gasteiger charge is 2.30. The van der Waals surface area contributed by atoms with Gasteiger partial charge in [0, 0.05) is 29.0 Å². The van der Waals surface area contributed by atoms with Crippen LogP contribution in [0.25, 0.3) is 0 Å². The maximum atomic E-state index is 12.5. The molecule has 0 saturated heterocycles. The summed E-state index contributed by atoms with van der Waals surface area (Å²) in [6.07, 6.45) is 5.35. The van der Waals surface area contributed by atoms with E-state index in [9.17, 15) is 4.79 Å². The van der Waals surface area contributed by atoms with Crippen molar-refractivity contribution in [2.45, 2.75) is 32.7 Å². The topological polar surface area (TPSA) is 49.3 Å². The molecule has 0 spiro atoms. The van der Waals surface area contributed by atoms with Gasteiger partial charge in [0.15, 0.2) is 0 Å². The zero-order valence-electron chi connectivity index (χ0n) is 12.5. The summed E-state index contributed by atoms with van der Waals surface area (Å²) >= 11 is 5.99. The van der Waals surface area contributed by atoms with Crippen molar-refractivity contribution in [3.05, 3.63) is 47.0 Å². The molecule has 4 heteroatoms. The van der Waals surface area contributed by atoms with Crippen molar-refractivity contribution in [3.8, 4) is 0 Å². The third-order valence-electron chi connectivity index (χ3n) is 3.87. The number of aliphatic hydroxyl groups is 1. The fraction of sp³-hybridized carbons (Fsp3) is 0.471. The molecular formula is C17H22ClNO2. The van der Waals surface area contributed by atoms with Crippen molar-refractivity contribution in [3.63, 3.8) is 0 Å². The van der Waals surface area contributed by atoms with Crippen LogP contribution in [0.4, 0.5) is 0 Å². The summed E-state index contributed by atoms with van der Waals surface area (Å²) in [6.45, 7) is 4.01. The van der Waals surface area contributed by atoms with E-state index in [2.05, 4.69) is 5.32 Å². The largest absolute Gasteiger partial charge is 0.396 e. The number of nitrogens with one attached hydrogen (secondary N) is 1. The number of rotatable bonds is 5. The second-order valence-corrected chi connectivity index (χ2v) is 6.77. The van der Waals surface area contributed by atoms with E-state index in [0.29, 0.717) is 11.4 Å². The minimum absolute atomic E-state index is 0.0216. The van der Waals surface area contributed by atoms with Crippen molar-refractivity contribution in [2.24, 2.45) is 11.3 Å². The van der Waals surface area contributed by atoms with Crippen LogP contribution in [-0.2, 0) is 11.2 Å². The van der Waals surface area contributed by atoms with Crippen molar-refractivity contribution in [1.29, 1.82) is 0 Å². The lowest BCUT2D eigenvalue weighted by Crippen LogP contribution is -2.43. The molecule has 3 nitrogen and oxygen atoms in total. The van der Waals surface area contributed by atoms with Crippen LogP contribution in [0.3, 0.4) is 0 Å². The average molecular weight is 308 g/mol. The molecule has 0 heterocycles. The van der Waals surface area contributed by atoms with Gasteiger partial charge >= 0.3 is 0 Å². The summed E-state index contributed by atoms with van der Waals surface area (Å²) < 4.78 is 0. The van der Waals surface area contributed by atoms with E-state index in [1.54, 1.807) is 0 Å². The molecule has 21 heavy (non-hydrogen) atoms. The Kier molecular flexibility index (Phi) is 5.07. The molecule has 0 bridgehead atoms. The predicted molar refractivity (Wildman–Crippen MR) is 85.2 cm³/mol. The van der Waals surface area contributed by atoms with E-state index < -0.39 is 5.41 Å². The van der Waals surface area contributed by atoms with Crippen LogP contribution >= 0.6 is 11.6 Å². The van der Waals surface area contributed by atoms with E-state index in [0.717, 1.165) is 12.0 Å². The molecule has 0 saturated carbocycles. The van der Waals surface area contributed by atoms with Gasteiger partial charge in [-0.15, -0.1) is 0 Å². The third kappa shape index (κ3) is 4.32. The first-order chi connectivity index (χ1) is 9.90. The van der Waals surface area contributed by atoms with E-state index in [1.807, 2.05) is 50.3 Å². The average Bonchev–Trinajstić information content (AvgIpc) is 2.86. The number of aliphatic hydroxyl groups excluding tert-OH is 1. The van der Waals surface area contributed by atoms with Gasteiger partial charge in [0.2, 0.25) is 5.91 Å². The normalized spacial score (nSPS) is 21.5. The van der Waals surface area contributed by atoms with Crippen molar-refractivity contribution < 1.29 is 9.90 Å². The lowest BCUT2D eigenvalue weighted by Gasteiger charge is -2.26. The second-order valence-electron chi connectivity index (χ2n) is 6.33. The first-order valence-electron chi connectivity index (χ1n) is 7.25. The number of carbonyl (C=O) groups is 1.